The number of aromatic nitrogens is 4. The first-order valence-corrected chi connectivity index (χ1v) is 5.91. The molecule has 0 aliphatic rings. The lowest BCUT2D eigenvalue weighted by molar-refractivity contribution is 0.100. The van der Waals surface area contributed by atoms with E-state index < -0.39 is 5.91 Å². The van der Waals surface area contributed by atoms with E-state index >= 15 is 0 Å². The number of fused-ring (bicyclic) bond motifs is 1. The minimum absolute atomic E-state index is 0.237. The fraction of sp³-hybridized carbons (Fsp3) is 0.0769. The zero-order chi connectivity index (χ0) is 13.9. The zero-order valence-electron chi connectivity index (χ0n) is 10.4. The summed E-state index contributed by atoms with van der Waals surface area (Å²) in [6.07, 6.45) is 0. The van der Waals surface area contributed by atoms with Crippen LogP contribution in [-0.2, 0) is 6.61 Å². The standard InChI is InChI=1S/C13H11N5O2/c14-13(19)10-2-1-9-6-11(4-3-8(9)5-10)20-7-12-15-17-18-16-12/h1-6H,7H2,(H2,14,19)(H,15,16,17,18). The molecule has 1 aromatic heterocycles. The van der Waals surface area contributed by atoms with E-state index in [9.17, 15) is 4.79 Å². The highest BCUT2D eigenvalue weighted by Gasteiger charge is 2.04. The number of amides is 1. The highest BCUT2D eigenvalue weighted by atomic mass is 16.5. The summed E-state index contributed by atoms with van der Waals surface area (Å²) >= 11 is 0. The van der Waals surface area contributed by atoms with Crippen LogP contribution in [0.25, 0.3) is 10.8 Å². The number of tetrazole rings is 1. The van der Waals surface area contributed by atoms with E-state index in [2.05, 4.69) is 20.6 Å². The molecular weight excluding hydrogens is 258 g/mol. The molecule has 7 heteroatoms. The number of nitrogens with zero attached hydrogens (tertiary/aromatic N) is 3. The summed E-state index contributed by atoms with van der Waals surface area (Å²) in [6.45, 7) is 0.237. The highest BCUT2D eigenvalue weighted by molar-refractivity contribution is 5.97. The second kappa shape index (κ2) is 4.96. The third-order valence-electron chi connectivity index (χ3n) is 2.85. The van der Waals surface area contributed by atoms with Crippen molar-refractivity contribution >= 4 is 16.7 Å². The summed E-state index contributed by atoms with van der Waals surface area (Å²) in [5.41, 5.74) is 5.73. The first-order valence-electron chi connectivity index (χ1n) is 5.91. The van der Waals surface area contributed by atoms with Gasteiger partial charge in [0.15, 0.2) is 6.61 Å². The molecule has 1 amide bonds. The van der Waals surface area contributed by atoms with Crippen molar-refractivity contribution in [1.82, 2.24) is 20.6 Å². The molecule has 0 aliphatic heterocycles. The van der Waals surface area contributed by atoms with Crippen LogP contribution in [0.4, 0.5) is 0 Å². The van der Waals surface area contributed by atoms with Gasteiger partial charge in [-0.05, 0) is 35.0 Å². The van der Waals surface area contributed by atoms with Gasteiger partial charge in [-0.15, -0.1) is 10.2 Å². The van der Waals surface area contributed by atoms with Crippen molar-refractivity contribution in [3.05, 3.63) is 47.8 Å². The molecular formula is C13H11N5O2. The van der Waals surface area contributed by atoms with Crippen molar-refractivity contribution in [2.45, 2.75) is 6.61 Å². The maximum absolute atomic E-state index is 11.1. The molecule has 3 aromatic rings. The van der Waals surface area contributed by atoms with Gasteiger partial charge in [0.1, 0.15) is 5.75 Å². The molecule has 0 saturated heterocycles. The Bertz CT molecular complexity index is 755. The predicted molar refractivity (Wildman–Crippen MR) is 71.0 cm³/mol. The molecule has 7 nitrogen and oxygen atoms in total. The van der Waals surface area contributed by atoms with Crippen molar-refractivity contribution in [3.8, 4) is 5.75 Å². The average molecular weight is 269 g/mol. The maximum Gasteiger partial charge on any atom is 0.248 e. The molecule has 0 aliphatic carbocycles. The largest absolute Gasteiger partial charge is 0.485 e. The van der Waals surface area contributed by atoms with Crippen LogP contribution < -0.4 is 10.5 Å². The Hall–Kier alpha value is -2.96. The quantitative estimate of drug-likeness (QED) is 0.735. The molecule has 0 saturated carbocycles. The van der Waals surface area contributed by atoms with E-state index in [4.69, 9.17) is 10.5 Å². The Morgan fingerprint density at radius 3 is 2.75 bits per heavy atom. The summed E-state index contributed by atoms with van der Waals surface area (Å²) < 4.78 is 5.56. The van der Waals surface area contributed by atoms with Gasteiger partial charge in [-0.1, -0.05) is 17.3 Å². The number of H-pyrrole nitrogens is 1. The first kappa shape index (κ1) is 12.1. The Morgan fingerprint density at radius 2 is 2.00 bits per heavy atom. The lowest BCUT2D eigenvalue weighted by Crippen LogP contribution is -2.10. The van der Waals surface area contributed by atoms with Crippen LogP contribution in [0.1, 0.15) is 16.2 Å². The molecule has 1 heterocycles. The summed E-state index contributed by atoms with van der Waals surface area (Å²) in [5.74, 6) is 0.729. The van der Waals surface area contributed by atoms with Gasteiger partial charge >= 0.3 is 0 Å². The fourth-order valence-corrected chi connectivity index (χ4v) is 1.86. The Kier molecular flexibility index (Phi) is 3.00. The first-order chi connectivity index (χ1) is 9.72. The Labute approximate surface area is 113 Å². The number of benzene rings is 2. The lowest BCUT2D eigenvalue weighted by atomic mass is 10.1. The van der Waals surface area contributed by atoms with Crippen molar-refractivity contribution in [1.29, 1.82) is 0 Å². The smallest absolute Gasteiger partial charge is 0.248 e. The van der Waals surface area contributed by atoms with Crippen LogP contribution in [0, 0.1) is 0 Å². The third-order valence-corrected chi connectivity index (χ3v) is 2.85. The number of primary amides is 1. The fourth-order valence-electron chi connectivity index (χ4n) is 1.86. The number of aromatic amines is 1. The normalized spacial score (nSPS) is 10.6. The van der Waals surface area contributed by atoms with Crippen LogP contribution in [0.3, 0.4) is 0 Å². The topological polar surface area (TPSA) is 107 Å². The summed E-state index contributed by atoms with van der Waals surface area (Å²) in [5, 5.41) is 15.3. The van der Waals surface area contributed by atoms with E-state index in [1.807, 2.05) is 24.3 Å². The third kappa shape index (κ3) is 2.41. The predicted octanol–water partition coefficient (Wildman–Crippen LogP) is 1.03. The second-order valence-corrected chi connectivity index (χ2v) is 4.20. The minimum Gasteiger partial charge on any atom is -0.485 e. The summed E-state index contributed by atoms with van der Waals surface area (Å²) in [7, 11) is 0. The van der Waals surface area contributed by atoms with Crippen LogP contribution in [0.5, 0.6) is 5.75 Å². The van der Waals surface area contributed by atoms with E-state index in [0.717, 1.165) is 10.8 Å². The van der Waals surface area contributed by atoms with E-state index in [1.165, 1.54) is 0 Å². The molecule has 0 atom stereocenters. The van der Waals surface area contributed by atoms with Crippen LogP contribution in [0.15, 0.2) is 36.4 Å². The number of nitrogens with two attached hydrogens (primary N) is 1. The van der Waals surface area contributed by atoms with Gasteiger partial charge in [0.25, 0.3) is 0 Å². The molecule has 0 fully saturated rings. The maximum atomic E-state index is 11.1. The molecule has 3 N–H and O–H groups in total. The van der Waals surface area contributed by atoms with Gasteiger partial charge in [0.2, 0.25) is 11.7 Å². The van der Waals surface area contributed by atoms with E-state index in [1.54, 1.807) is 12.1 Å². The van der Waals surface area contributed by atoms with Crippen molar-refractivity contribution in [2.24, 2.45) is 5.73 Å². The number of ether oxygens (including phenoxy) is 1. The van der Waals surface area contributed by atoms with Gasteiger partial charge in [-0.2, -0.15) is 5.21 Å². The molecule has 3 rings (SSSR count). The summed E-state index contributed by atoms with van der Waals surface area (Å²) in [6, 6.07) is 10.8. The van der Waals surface area contributed by atoms with Crippen molar-refractivity contribution in [3.63, 3.8) is 0 Å². The SMILES string of the molecule is NC(=O)c1ccc2cc(OCc3nn[nH]n3)ccc2c1. The summed E-state index contributed by atoms with van der Waals surface area (Å²) in [4.78, 5) is 11.1. The molecule has 0 unspecified atom stereocenters. The molecule has 2 aromatic carbocycles. The monoisotopic (exact) mass is 269 g/mol. The van der Waals surface area contributed by atoms with Crippen molar-refractivity contribution < 1.29 is 9.53 Å². The van der Waals surface area contributed by atoms with Gasteiger partial charge < -0.3 is 10.5 Å². The minimum atomic E-state index is -0.440. The van der Waals surface area contributed by atoms with Gasteiger partial charge in [-0.25, -0.2) is 0 Å². The number of carbonyl (C=O) groups is 1. The van der Waals surface area contributed by atoms with Crippen LogP contribution >= 0.6 is 0 Å². The van der Waals surface area contributed by atoms with E-state index in [0.29, 0.717) is 17.1 Å². The zero-order valence-corrected chi connectivity index (χ0v) is 10.4. The molecule has 0 radical (unpaired) electrons. The molecule has 0 spiro atoms. The highest BCUT2D eigenvalue weighted by Crippen LogP contribution is 2.22. The van der Waals surface area contributed by atoms with E-state index in [-0.39, 0.29) is 6.61 Å². The Morgan fingerprint density at radius 1 is 1.20 bits per heavy atom. The molecule has 100 valence electrons. The van der Waals surface area contributed by atoms with Crippen LogP contribution in [-0.4, -0.2) is 26.5 Å². The Balaban J connectivity index is 1.83. The van der Waals surface area contributed by atoms with Gasteiger partial charge in [0.05, 0.1) is 0 Å². The van der Waals surface area contributed by atoms with Crippen LogP contribution in [0.2, 0.25) is 0 Å². The lowest BCUT2D eigenvalue weighted by Gasteiger charge is -2.06. The van der Waals surface area contributed by atoms with Gasteiger partial charge in [0, 0.05) is 5.56 Å². The van der Waals surface area contributed by atoms with Crippen molar-refractivity contribution in [2.75, 3.05) is 0 Å². The number of nitrogens with one attached hydrogen (secondary N) is 1. The number of hydrogen-bond acceptors (Lipinski definition) is 5. The molecule has 0 bridgehead atoms. The number of rotatable bonds is 4. The average Bonchev–Trinajstić information content (AvgIpc) is 2.97. The second-order valence-electron chi connectivity index (χ2n) is 4.20. The molecule has 20 heavy (non-hydrogen) atoms. The number of carbonyl (C=O) groups excluding carboxylic acids is 1. The number of hydrogen-bond donors (Lipinski definition) is 2. The van der Waals surface area contributed by atoms with Gasteiger partial charge in [-0.3, -0.25) is 4.79 Å².